The molecule has 0 saturated carbocycles. The summed E-state index contributed by atoms with van der Waals surface area (Å²) in [5.74, 6) is 0. The van der Waals surface area contributed by atoms with Gasteiger partial charge in [-0.25, -0.2) is 4.98 Å². The third kappa shape index (κ3) is 4.02. The van der Waals surface area contributed by atoms with Crippen LogP contribution in [0.4, 0.5) is 0 Å². The van der Waals surface area contributed by atoms with Crippen LogP contribution in [-0.2, 0) is 0 Å². The summed E-state index contributed by atoms with van der Waals surface area (Å²) in [6.07, 6.45) is 0. The number of thiazole rings is 1. The summed E-state index contributed by atoms with van der Waals surface area (Å²) in [5, 5.41) is 11.2. The first-order chi connectivity index (χ1) is 24.3. The molecule has 0 amide bonds. The molecule has 0 aliphatic carbocycles. The number of benzene rings is 8. The summed E-state index contributed by atoms with van der Waals surface area (Å²) >= 11 is 3.65. The first-order valence-corrected chi connectivity index (χ1v) is 18.2. The lowest BCUT2D eigenvalue weighted by Gasteiger charge is -2.09. The van der Waals surface area contributed by atoms with Gasteiger partial charge in [-0.15, -0.1) is 11.3 Å². The SMILES string of the molecule is c1ccc2c(c1)ccc1cc(-c3ccc(-c4cc5sc6ccccc6c5c5nc(-n6c7ccccc7c7ccccc76)sc45)cc3)ccc12. The van der Waals surface area contributed by atoms with Crippen molar-refractivity contribution >= 4 is 96.4 Å². The van der Waals surface area contributed by atoms with Gasteiger partial charge < -0.3 is 0 Å². The lowest BCUT2D eigenvalue weighted by Crippen LogP contribution is -1.92. The molecule has 3 aromatic heterocycles. The fraction of sp³-hybridized carbons (Fsp3) is 0. The fourth-order valence-electron chi connectivity index (χ4n) is 7.74. The van der Waals surface area contributed by atoms with Crippen molar-refractivity contribution in [3.63, 3.8) is 0 Å². The van der Waals surface area contributed by atoms with Crippen molar-refractivity contribution in [3.05, 3.63) is 158 Å². The number of nitrogens with zero attached hydrogens (tertiary/aromatic N) is 2. The van der Waals surface area contributed by atoms with Crippen molar-refractivity contribution in [1.82, 2.24) is 9.55 Å². The number of para-hydroxylation sites is 2. The molecule has 0 radical (unpaired) electrons. The van der Waals surface area contributed by atoms with E-state index in [0.29, 0.717) is 0 Å². The molecule has 0 fully saturated rings. The van der Waals surface area contributed by atoms with E-state index in [-0.39, 0.29) is 0 Å². The Kier molecular flexibility index (Phi) is 5.74. The summed E-state index contributed by atoms with van der Waals surface area (Å²) in [5.41, 5.74) is 8.33. The van der Waals surface area contributed by atoms with E-state index < -0.39 is 0 Å². The second-order valence-corrected chi connectivity index (χ2v) is 14.8. The van der Waals surface area contributed by atoms with Gasteiger partial charge in [0.05, 0.1) is 21.3 Å². The zero-order chi connectivity index (χ0) is 32.1. The smallest absolute Gasteiger partial charge is 0.195 e. The Morgan fingerprint density at radius 3 is 1.84 bits per heavy atom. The molecular weight excluding hydrogens is 633 g/mol. The van der Waals surface area contributed by atoms with Gasteiger partial charge in [0.15, 0.2) is 5.13 Å². The van der Waals surface area contributed by atoms with E-state index in [4.69, 9.17) is 4.98 Å². The third-order valence-corrected chi connectivity index (χ3v) is 12.2. The Morgan fingerprint density at radius 2 is 1.04 bits per heavy atom. The van der Waals surface area contributed by atoms with Gasteiger partial charge in [0.2, 0.25) is 0 Å². The number of rotatable bonds is 3. The van der Waals surface area contributed by atoms with Crippen LogP contribution in [0.5, 0.6) is 0 Å². The average Bonchev–Trinajstić information content (AvgIpc) is 3.86. The maximum absolute atomic E-state index is 5.50. The van der Waals surface area contributed by atoms with Crippen molar-refractivity contribution in [3.8, 4) is 27.4 Å². The van der Waals surface area contributed by atoms with Crippen LogP contribution in [0.15, 0.2) is 158 Å². The minimum atomic E-state index is 0.997. The van der Waals surface area contributed by atoms with Gasteiger partial charge in [-0.05, 0) is 68.6 Å². The topological polar surface area (TPSA) is 17.8 Å². The summed E-state index contributed by atoms with van der Waals surface area (Å²) in [6.45, 7) is 0. The lowest BCUT2D eigenvalue weighted by atomic mass is 9.96. The molecule has 0 N–H and O–H groups in total. The summed E-state index contributed by atoms with van der Waals surface area (Å²) in [4.78, 5) is 5.50. The van der Waals surface area contributed by atoms with E-state index in [2.05, 4.69) is 162 Å². The molecule has 0 aliphatic heterocycles. The van der Waals surface area contributed by atoms with Crippen LogP contribution in [0.25, 0.3) is 101 Å². The molecule has 228 valence electrons. The van der Waals surface area contributed by atoms with Gasteiger partial charge in [-0.2, -0.15) is 0 Å². The minimum Gasteiger partial charge on any atom is -0.285 e. The number of fused-ring (bicyclic) bond motifs is 11. The van der Waals surface area contributed by atoms with E-state index >= 15 is 0 Å². The summed E-state index contributed by atoms with van der Waals surface area (Å²) in [7, 11) is 0. The summed E-state index contributed by atoms with van der Waals surface area (Å²) in [6, 6.07) is 57.6. The highest BCUT2D eigenvalue weighted by atomic mass is 32.1. The highest BCUT2D eigenvalue weighted by molar-refractivity contribution is 7.26. The molecule has 2 nitrogen and oxygen atoms in total. The molecule has 11 rings (SSSR count). The van der Waals surface area contributed by atoms with Gasteiger partial charge in [-0.3, -0.25) is 4.57 Å². The Hall–Kier alpha value is -5.81. The van der Waals surface area contributed by atoms with E-state index in [1.807, 2.05) is 11.3 Å². The zero-order valence-corrected chi connectivity index (χ0v) is 27.9. The molecule has 0 spiro atoms. The number of aromatic nitrogens is 2. The molecule has 11 aromatic rings. The van der Waals surface area contributed by atoms with Crippen LogP contribution in [0.1, 0.15) is 0 Å². The Bertz CT molecular complexity index is 3050. The minimum absolute atomic E-state index is 0.997. The quantitative estimate of drug-likeness (QED) is 0.173. The molecule has 49 heavy (non-hydrogen) atoms. The Balaban J connectivity index is 1.11. The van der Waals surface area contributed by atoms with Gasteiger partial charge in [0.25, 0.3) is 0 Å². The zero-order valence-electron chi connectivity index (χ0n) is 26.2. The first kappa shape index (κ1) is 27.2. The van der Waals surface area contributed by atoms with Crippen molar-refractivity contribution < 1.29 is 0 Å². The maximum atomic E-state index is 5.50. The summed E-state index contributed by atoms with van der Waals surface area (Å²) < 4.78 is 6.14. The van der Waals surface area contributed by atoms with Crippen LogP contribution >= 0.6 is 22.7 Å². The Labute approximate surface area is 289 Å². The number of hydrogen-bond acceptors (Lipinski definition) is 3. The van der Waals surface area contributed by atoms with Gasteiger partial charge >= 0.3 is 0 Å². The number of hydrogen-bond donors (Lipinski definition) is 0. The second kappa shape index (κ2) is 10.3. The van der Waals surface area contributed by atoms with Crippen LogP contribution in [0, 0.1) is 0 Å². The van der Waals surface area contributed by atoms with E-state index in [0.717, 1.165) is 10.6 Å². The van der Waals surface area contributed by atoms with E-state index in [9.17, 15) is 0 Å². The molecule has 3 heterocycles. The largest absolute Gasteiger partial charge is 0.285 e. The van der Waals surface area contributed by atoms with E-state index in [1.165, 1.54) is 90.5 Å². The van der Waals surface area contributed by atoms with Gasteiger partial charge in [0.1, 0.15) is 0 Å². The molecule has 0 aliphatic rings. The van der Waals surface area contributed by atoms with E-state index in [1.54, 1.807) is 11.3 Å². The molecule has 0 unspecified atom stereocenters. The predicted octanol–water partition coefficient (Wildman–Crippen LogP) is 13.4. The predicted molar refractivity (Wildman–Crippen MR) is 213 cm³/mol. The van der Waals surface area contributed by atoms with Crippen LogP contribution in [-0.4, -0.2) is 9.55 Å². The highest BCUT2D eigenvalue weighted by Gasteiger charge is 2.21. The normalized spacial score (nSPS) is 12.1. The lowest BCUT2D eigenvalue weighted by molar-refractivity contribution is 1.15. The first-order valence-electron chi connectivity index (χ1n) is 16.5. The van der Waals surface area contributed by atoms with Crippen LogP contribution < -0.4 is 0 Å². The molecule has 0 atom stereocenters. The third-order valence-electron chi connectivity index (χ3n) is 10.0. The Morgan fingerprint density at radius 1 is 0.429 bits per heavy atom. The monoisotopic (exact) mass is 658 g/mol. The standard InChI is InChI=1S/C45H26N2S2/c1-2-10-32-28(9-1)21-22-31-25-30(23-24-33(31)32)27-17-19-29(20-18-27)37-26-41-42(36-13-5-8-16-40(36)48-41)43-44(37)49-45(46-43)47-38-14-6-3-11-34(38)35-12-4-7-15-39(35)47/h1-26H. The molecule has 8 aromatic carbocycles. The molecule has 0 saturated heterocycles. The van der Waals surface area contributed by atoms with Gasteiger partial charge in [-0.1, -0.05) is 139 Å². The molecule has 0 bridgehead atoms. The van der Waals surface area contributed by atoms with Crippen molar-refractivity contribution in [2.75, 3.05) is 0 Å². The fourth-order valence-corrected chi connectivity index (χ4v) is 10.0. The van der Waals surface area contributed by atoms with Crippen LogP contribution in [0.3, 0.4) is 0 Å². The average molecular weight is 659 g/mol. The van der Waals surface area contributed by atoms with Crippen molar-refractivity contribution in [1.29, 1.82) is 0 Å². The second-order valence-electron chi connectivity index (χ2n) is 12.7. The van der Waals surface area contributed by atoms with Gasteiger partial charge in [0, 0.05) is 36.5 Å². The molecular formula is C45H26N2S2. The molecule has 4 heteroatoms. The van der Waals surface area contributed by atoms with Crippen molar-refractivity contribution in [2.24, 2.45) is 0 Å². The highest BCUT2D eigenvalue weighted by Crippen LogP contribution is 2.46. The van der Waals surface area contributed by atoms with Crippen molar-refractivity contribution in [2.45, 2.75) is 0 Å². The van der Waals surface area contributed by atoms with Crippen LogP contribution in [0.2, 0.25) is 0 Å². The number of thiophene rings is 1. The maximum Gasteiger partial charge on any atom is 0.195 e.